The molecule has 2 heterocycles. The zero-order valence-electron chi connectivity index (χ0n) is 13.9. The van der Waals surface area contributed by atoms with E-state index in [1.807, 2.05) is 0 Å². The minimum Gasteiger partial charge on any atom is -0.385 e. The molecule has 0 radical (unpaired) electrons. The Bertz CT molecular complexity index is 621. The van der Waals surface area contributed by atoms with Gasteiger partial charge in [0.15, 0.2) is 0 Å². The van der Waals surface area contributed by atoms with Gasteiger partial charge in [-0.15, -0.1) is 11.3 Å². The molecule has 0 aliphatic carbocycles. The van der Waals surface area contributed by atoms with E-state index in [-0.39, 0.29) is 5.92 Å². The molecule has 4 heteroatoms. The van der Waals surface area contributed by atoms with Crippen LogP contribution in [0, 0.1) is 5.92 Å². The van der Waals surface area contributed by atoms with Crippen LogP contribution >= 0.6 is 11.3 Å². The summed E-state index contributed by atoms with van der Waals surface area (Å²) in [6.07, 6.45) is 5.02. The van der Waals surface area contributed by atoms with Crippen LogP contribution in [-0.4, -0.2) is 31.9 Å². The topological polar surface area (TPSA) is 41.5 Å². The van der Waals surface area contributed by atoms with Gasteiger partial charge in [0.1, 0.15) is 0 Å². The van der Waals surface area contributed by atoms with Crippen LogP contribution < -0.4 is 5.32 Å². The number of fused-ring (bicyclic) bond motifs is 1. The first-order valence-corrected chi connectivity index (χ1v) is 9.52. The highest BCUT2D eigenvalue weighted by atomic mass is 32.1. The molecular weight excluding hydrogens is 306 g/mol. The molecule has 23 heavy (non-hydrogen) atoms. The number of hydrogen-bond donors (Lipinski definition) is 2. The van der Waals surface area contributed by atoms with Crippen molar-refractivity contribution >= 4 is 21.4 Å². The van der Waals surface area contributed by atoms with Crippen molar-refractivity contribution in [1.29, 1.82) is 0 Å². The first kappa shape index (κ1) is 16.9. The number of benzene rings is 1. The van der Waals surface area contributed by atoms with Crippen LogP contribution in [0.15, 0.2) is 29.6 Å². The first-order valence-electron chi connectivity index (χ1n) is 8.64. The van der Waals surface area contributed by atoms with Gasteiger partial charge in [0.25, 0.3) is 0 Å². The van der Waals surface area contributed by atoms with Gasteiger partial charge in [-0.25, -0.2) is 0 Å². The third kappa shape index (κ3) is 3.61. The van der Waals surface area contributed by atoms with Gasteiger partial charge in [-0.3, -0.25) is 0 Å². The standard InChI is InChI=1S/C19H27NO2S/c1-22-12-3-2-10-19(21,15-6-5-11-20-14-15)17-7-4-8-18-16(17)9-13-23-18/h4,7-9,13,15,20-21H,2-3,5-6,10-12,14H2,1H3. The number of unbranched alkanes of at least 4 members (excludes halogenated alkanes) is 1. The van der Waals surface area contributed by atoms with Crippen LogP contribution in [0.3, 0.4) is 0 Å². The largest absolute Gasteiger partial charge is 0.385 e. The number of thiophene rings is 1. The van der Waals surface area contributed by atoms with E-state index < -0.39 is 5.60 Å². The van der Waals surface area contributed by atoms with Crippen molar-refractivity contribution < 1.29 is 9.84 Å². The van der Waals surface area contributed by atoms with E-state index in [2.05, 4.69) is 35.0 Å². The highest BCUT2D eigenvalue weighted by molar-refractivity contribution is 7.17. The number of aliphatic hydroxyl groups is 1. The van der Waals surface area contributed by atoms with E-state index in [0.29, 0.717) is 0 Å². The molecule has 2 unspecified atom stereocenters. The molecule has 2 aromatic rings. The molecule has 0 saturated carbocycles. The minimum atomic E-state index is -0.748. The maximum absolute atomic E-state index is 11.7. The molecule has 0 bridgehead atoms. The lowest BCUT2D eigenvalue weighted by molar-refractivity contribution is -0.0421. The van der Waals surface area contributed by atoms with Gasteiger partial charge in [-0.05, 0) is 67.1 Å². The van der Waals surface area contributed by atoms with E-state index >= 15 is 0 Å². The lowest BCUT2D eigenvalue weighted by Crippen LogP contribution is -2.44. The van der Waals surface area contributed by atoms with E-state index in [0.717, 1.165) is 57.4 Å². The van der Waals surface area contributed by atoms with Gasteiger partial charge < -0.3 is 15.2 Å². The maximum atomic E-state index is 11.7. The van der Waals surface area contributed by atoms with Crippen LogP contribution in [-0.2, 0) is 10.3 Å². The molecule has 1 aliphatic heterocycles. The van der Waals surface area contributed by atoms with Crippen LogP contribution in [0.2, 0.25) is 0 Å². The highest BCUT2D eigenvalue weighted by Crippen LogP contribution is 2.42. The molecule has 3 nitrogen and oxygen atoms in total. The summed E-state index contributed by atoms with van der Waals surface area (Å²) in [5, 5.41) is 18.6. The minimum absolute atomic E-state index is 0.282. The smallest absolute Gasteiger partial charge is 0.0942 e. The molecule has 2 N–H and O–H groups in total. The fourth-order valence-electron chi connectivity index (χ4n) is 3.83. The number of rotatable bonds is 7. The summed E-state index contributed by atoms with van der Waals surface area (Å²) in [4.78, 5) is 0. The Morgan fingerprint density at radius 3 is 3.04 bits per heavy atom. The van der Waals surface area contributed by atoms with Gasteiger partial charge in [0.2, 0.25) is 0 Å². The molecule has 1 saturated heterocycles. The number of ether oxygens (including phenoxy) is 1. The van der Waals surface area contributed by atoms with Gasteiger partial charge in [0, 0.05) is 30.9 Å². The Morgan fingerprint density at radius 1 is 1.35 bits per heavy atom. The molecule has 0 spiro atoms. The van der Waals surface area contributed by atoms with E-state index in [1.165, 1.54) is 10.1 Å². The Balaban J connectivity index is 1.91. The number of nitrogens with one attached hydrogen (secondary N) is 1. The highest BCUT2D eigenvalue weighted by Gasteiger charge is 2.39. The lowest BCUT2D eigenvalue weighted by Gasteiger charge is -2.40. The second-order valence-electron chi connectivity index (χ2n) is 6.56. The summed E-state index contributed by atoms with van der Waals surface area (Å²) < 4.78 is 6.44. The van der Waals surface area contributed by atoms with E-state index in [9.17, 15) is 5.11 Å². The van der Waals surface area contributed by atoms with Gasteiger partial charge in [-0.2, -0.15) is 0 Å². The Kier molecular flexibility index (Phi) is 5.70. The van der Waals surface area contributed by atoms with Crippen molar-refractivity contribution in [2.45, 2.75) is 37.7 Å². The lowest BCUT2D eigenvalue weighted by atomic mass is 9.73. The number of piperidine rings is 1. The van der Waals surface area contributed by atoms with E-state index in [4.69, 9.17) is 4.74 Å². The normalized spacial score (nSPS) is 21.4. The number of methoxy groups -OCH3 is 1. The SMILES string of the molecule is COCCCCC(O)(c1cccc2sccc12)C1CCCNC1. The average molecular weight is 333 g/mol. The molecule has 1 aromatic heterocycles. The average Bonchev–Trinajstić information content (AvgIpc) is 3.08. The first-order chi connectivity index (χ1) is 11.3. The van der Waals surface area contributed by atoms with Crippen molar-refractivity contribution in [2.24, 2.45) is 5.92 Å². The Hall–Kier alpha value is -0.940. The van der Waals surface area contributed by atoms with Gasteiger partial charge >= 0.3 is 0 Å². The fraction of sp³-hybridized carbons (Fsp3) is 0.579. The predicted octanol–water partition coefficient (Wildman–Crippen LogP) is 3.91. The molecule has 1 fully saturated rings. The summed E-state index contributed by atoms with van der Waals surface area (Å²) in [5.74, 6) is 0.282. The van der Waals surface area contributed by atoms with Crippen molar-refractivity contribution in [3.8, 4) is 0 Å². The van der Waals surface area contributed by atoms with Crippen LogP contribution in [0.25, 0.3) is 10.1 Å². The van der Waals surface area contributed by atoms with Crippen LogP contribution in [0.1, 0.15) is 37.7 Å². The molecular formula is C19H27NO2S. The zero-order valence-corrected chi connectivity index (χ0v) is 14.7. The van der Waals surface area contributed by atoms with Gasteiger partial charge in [0.05, 0.1) is 5.60 Å². The summed E-state index contributed by atoms with van der Waals surface area (Å²) >= 11 is 1.75. The Labute approximate surface area is 142 Å². The molecule has 1 aromatic carbocycles. The van der Waals surface area contributed by atoms with Crippen LogP contribution in [0.4, 0.5) is 0 Å². The molecule has 3 rings (SSSR count). The number of hydrogen-bond acceptors (Lipinski definition) is 4. The third-order valence-corrected chi connectivity index (χ3v) is 5.97. The monoisotopic (exact) mass is 333 g/mol. The summed E-state index contributed by atoms with van der Waals surface area (Å²) in [6.45, 7) is 2.74. The van der Waals surface area contributed by atoms with Crippen molar-refractivity contribution in [1.82, 2.24) is 5.32 Å². The summed E-state index contributed by atoms with van der Waals surface area (Å²) in [5.41, 5.74) is 0.365. The zero-order chi connectivity index (χ0) is 16.1. The fourth-order valence-corrected chi connectivity index (χ4v) is 4.64. The maximum Gasteiger partial charge on any atom is 0.0942 e. The van der Waals surface area contributed by atoms with Crippen LogP contribution in [0.5, 0.6) is 0 Å². The van der Waals surface area contributed by atoms with Gasteiger partial charge in [-0.1, -0.05) is 12.1 Å². The van der Waals surface area contributed by atoms with Crippen molar-refractivity contribution in [2.75, 3.05) is 26.8 Å². The molecule has 126 valence electrons. The second-order valence-corrected chi connectivity index (χ2v) is 7.50. The summed E-state index contributed by atoms with van der Waals surface area (Å²) in [7, 11) is 1.74. The molecule has 1 aliphatic rings. The Morgan fingerprint density at radius 2 is 2.26 bits per heavy atom. The molecule has 2 atom stereocenters. The third-order valence-electron chi connectivity index (χ3n) is 5.09. The second kappa shape index (κ2) is 7.75. The van der Waals surface area contributed by atoms with E-state index in [1.54, 1.807) is 18.4 Å². The summed E-state index contributed by atoms with van der Waals surface area (Å²) in [6, 6.07) is 8.52. The quantitative estimate of drug-likeness (QED) is 0.755. The van der Waals surface area contributed by atoms with Crippen molar-refractivity contribution in [3.05, 3.63) is 35.2 Å². The predicted molar refractivity (Wildman–Crippen MR) is 97.0 cm³/mol. The van der Waals surface area contributed by atoms with Crippen molar-refractivity contribution in [3.63, 3.8) is 0 Å². The molecule has 0 amide bonds.